The summed E-state index contributed by atoms with van der Waals surface area (Å²) in [6, 6.07) is 4.45. The number of Topliss-reactive ketones (excluding diaryl/α,β-unsaturated/α-hetero) is 1. The second kappa shape index (κ2) is 5.48. The number of carboxylic acid groups (broad SMARTS) is 1. The van der Waals surface area contributed by atoms with E-state index in [4.69, 9.17) is 9.84 Å². The van der Waals surface area contributed by atoms with Crippen LogP contribution in [0.15, 0.2) is 18.2 Å². The van der Waals surface area contributed by atoms with Crippen LogP contribution in [-0.2, 0) is 0 Å². The lowest BCUT2D eigenvalue weighted by Gasteiger charge is -2.11. The van der Waals surface area contributed by atoms with Crippen LogP contribution in [-0.4, -0.2) is 23.5 Å². The first-order valence-corrected chi connectivity index (χ1v) is 5.43. The fraction of sp³-hybridized carbons (Fsp3) is 0.385. The summed E-state index contributed by atoms with van der Waals surface area (Å²) in [7, 11) is 0. The van der Waals surface area contributed by atoms with Gasteiger partial charge in [0, 0.05) is 5.56 Å². The van der Waals surface area contributed by atoms with Gasteiger partial charge in [-0.1, -0.05) is 13.8 Å². The van der Waals surface area contributed by atoms with E-state index in [9.17, 15) is 9.59 Å². The molecule has 0 saturated carbocycles. The number of carbonyl (C=O) groups is 2. The molecule has 0 bridgehead atoms. The van der Waals surface area contributed by atoms with Gasteiger partial charge < -0.3 is 9.84 Å². The maximum absolute atomic E-state index is 11.2. The Bertz CT molecular complexity index is 435. The average molecular weight is 236 g/mol. The third-order valence-electron chi connectivity index (χ3n) is 2.19. The molecule has 0 saturated heterocycles. The molecule has 1 rings (SSSR count). The quantitative estimate of drug-likeness (QED) is 0.798. The first kappa shape index (κ1) is 13.2. The minimum atomic E-state index is -1.09. The molecule has 0 radical (unpaired) electrons. The molecule has 0 heterocycles. The summed E-state index contributed by atoms with van der Waals surface area (Å²) in [5.74, 6) is -0.643. The van der Waals surface area contributed by atoms with Crippen LogP contribution in [0.25, 0.3) is 0 Å². The number of ketones is 1. The summed E-state index contributed by atoms with van der Waals surface area (Å²) < 4.78 is 5.40. The molecule has 0 aliphatic carbocycles. The van der Waals surface area contributed by atoms with E-state index in [0.29, 0.717) is 23.8 Å². The summed E-state index contributed by atoms with van der Waals surface area (Å²) >= 11 is 0. The van der Waals surface area contributed by atoms with Crippen LogP contribution in [0.5, 0.6) is 5.75 Å². The lowest BCUT2D eigenvalue weighted by Crippen LogP contribution is -2.09. The Hall–Kier alpha value is -1.84. The monoisotopic (exact) mass is 236 g/mol. The van der Waals surface area contributed by atoms with Gasteiger partial charge in [0.15, 0.2) is 5.78 Å². The first-order valence-electron chi connectivity index (χ1n) is 5.43. The second-order valence-corrected chi connectivity index (χ2v) is 4.28. The molecule has 0 aromatic heterocycles. The first-order chi connectivity index (χ1) is 7.91. The Kier molecular flexibility index (Phi) is 4.26. The topological polar surface area (TPSA) is 63.6 Å². The van der Waals surface area contributed by atoms with Gasteiger partial charge in [0.05, 0.1) is 6.61 Å². The molecule has 0 amide bonds. The Morgan fingerprint density at radius 2 is 2.00 bits per heavy atom. The molecule has 0 fully saturated rings. The van der Waals surface area contributed by atoms with E-state index in [0.717, 1.165) is 0 Å². The summed E-state index contributed by atoms with van der Waals surface area (Å²) in [4.78, 5) is 22.2. The lowest BCUT2D eigenvalue weighted by molar-refractivity contribution is 0.0691. The second-order valence-electron chi connectivity index (χ2n) is 4.28. The Balaban J connectivity index is 3.04. The van der Waals surface area contributed by atoms with E-state index in [1.807, 2.05) is 13.8 Å². The molecule has 0 aliphatic heterocycles. The van der Waals surface area contributed by atoms with E-state index >= 15 is 0 Å². The maximum Gasteiger partial charge on any atom is 0.339 e. The summed E-state index contributed by atoms with van der Waals surface area (Å²) in [6.07, 6.45) is 0. The molecule has 4 heteroatoms. The fourth-order valence-corrected chi connectivity index (χ4v) is 1.30. The van der Waals surface area contributed by atoms with Gasteiger partial charge in [-0.2, -0.15) is 0 Å². The molecule has 4 nitrogen and oxygen atoms in total. The molecule has 1 aromatic carbocycles. The number of aromatic carboxylic acids is 1. The van der Waals surface area contributed by atoms with Gasteiger partial charge in [-0.05, 0) is 31.0 Å². The van der Waals surface area contributed by atoms with Gasteiger partial charge in [0.2, 0.25) is 0 Å². The maximum atomic E-state index is 11.2. The van der Waals surface area contributed by atoms with Gasteiger partial charge in [-0.15, -0.1) is 0 Å². The molecule has 1 aromatic rings. The zero-order valence-corrected chi connectivity index (χ0v) is 10.2. The molecule has 1 N–H and O–H groups in total. The molecular formula is C13H16O4. The predicted octanol–water partition coefficient (Wildman–Crippen LogP) is 2.62. The van der Waals surface area contributed by atoms with Crippen LogP contribution < -0.4 is 4.74 Å². The molecule has 92 valence electrons. The minimum absolute atomic E-state index is 0.0263. The number of benzene rings is 1. The molecule has 17 heavy (non-hydrogen) atoms. The fourth-order valence-electron chi connectivity index (χ4n) is 1.30. The van der Waals surface area contributed by atoms with Crippen molar-refractivity contribution >= 4 is 11.8 Å². The molecular weight excluding hydrogens is 220 g/mol. The van der Waals surface area contributed by atoms with Gasteiger partial charge >= 0.3 is 5.97 Å². The van der Waals surface area contributed by atoms with Crippen molar-refractivity contribution in [2.45, 2.75) is 20.8 Å². The van der Waals surface area contributed by atoms with Crippen molar-refractivity contribution in [1.29, 1.82) is 0 Å². The average Bonchev–Trinajstić information content (AvgIpc) is 2.25. The summed E-state index contributed by atoms with van der Waals surface area (Å²) in [5.41, 5.74) is 0.401. The highest BCUT2D eigenvalue weighted by Gasteiger charge is 2.14. The number of rotatable bonds is 5. The van der Waals surface area contributed by atoms with E-state index in [1.54, 1.807) is 6.07 Å². The van der Waals surface area contributed by atoms with Gasteiger partial charge in [-0.3, -0.25) is 4.79 Å². The largest absolute Gasteiger partial charge is 0.492 e. The molecule has 0 unspecified atom stereocenters. The number of carboxylic acids is 1. The number of carbonyl (C=O) groups excluding carboxylic acids is 1. The van der Waals surface area contributed by atoms with E-state index in [2.05, 4.69) is 0 Å². The third kappa shape index (κ3) is 3.59. The highest BCUT2D eigenvalue weighted by Crippen LogP contribution is 2.21. The summed E-state index contributed by atoms with van der Waals surface area (Å²) in [6.45, 7) is 5.80. The van der Waals surface area contributed by atoms with Crippen LogP contribution >= 0.6 is 0 Å². The molecule has 0 spiro atoms. The zero-order chi connectivity index (χ0) is 13.0. The highest BCUT2D eigenvalue weighted by molar-refractivity contribution is 5.98. The van der Waals surface area contributed by atoms with Crippen molar-refractivity contribution in [2.75, 3.05) is 6.61 Å². The number of ether oxygens (including phenoxy) is 1. The van der Waals surface area contributed by atoms with Crippen LogP contribution in [0, 0.1) is 5.92 Å². The van der Waals surface area contributed by atoms with Crippen molar-refractivity contribution in [3.63, 3.8) is 0 Å². The van der Waals surface area contributed by atoms with Crippen molar-refractivity contribution in [2.24, 2.45) is 5.92 Å². The van der Waals surface area contributed by atoms with Crippen molar-refractivity contribution in [3.05, 3.63) is 29.3 Å². The van der Waals surface area contributed by atoms with Crippen molar-refractivity contribution in [1.82, 2.24) is 0 Å². The van der Waals surface area contributed by atoms with Gasteiger partial charge in [0.25, 0.3) is 0 Å². The smallest absolute Gasteiger partial charge is 0.339 e. The Morgan fingerprint density at radius 1 is 1.35 bits per heavy atom. The van der Waals surface area contributed by atoms with Crippen molar-refractivity contribution in [3.8, 4) is 5.75 Å². The van der Waals surface area contributed by atoms with Crippen LogP contribution in [0.1, 0.15) is 41.5 Å². The Morgan fingerprint density at radius 3 is 2.47 bits per heavy atom. The van der Waals surface area contributed by atoms with E-state index < -0.39 is 5.97 Å². The van der Waals surface area contributed by atoms with E-state index in [-0.39, 0.29) is 11.3 Å². The predicted molar refractivity (Wildman–Crippen MR) is 63.7 cm³/mol. The van der Waals surface area contributed by atoms with Gasteiger partial charge in [-0.25, -0.2) is 4.79 Å². The third-order valence-corrected chi connectivity index (χ3v) is 2.19. The standard InChI is InChI=1S/C13H16O4/c1-8(2)7-17-12-5-4-10(9(3)14)6-11(12)13(15)16/h4-6,8H,7H2,1-3H3,(H,15,16). The van der Waals surface area contributed by atoms with Crippen LogP contribution in [0.2, 0.25) is 0 Å². The van der Waals surface area contributed by atoms with Gasteiger partial charge in [0.1, 0.15) is 11.3 Å². The molecule has 0 aliphatic rings. The lowest BCUT2D eigenvalue weighted by atomic mass is 10.1. The highest BCUT2D eigenvalue weighted by atomic mass is 16.5. The molecule has 0 atom stereocenters. The van der Waals surface area contributed by atoms with E-state index in [1.165, 1.54) is 19.1 Å². The number of hydrogen-bond donors (Lipinski definition) is 1. The SMILES string of the molecule is CC(=O)c1ccc(OCC(C)C)c(C(=O)O)c1. The minimum Gasteiger partial charge on any atom is -0.492 e. The normalized spacial score (nSPS) is 10.4. The summed E-state index contributed by atoms with van der Waals surface area (Å²) in [5, 5.41) is 9.05. The van der Waals surface area contributed by atoms with Crippen LogP contribution in [0.3, 0.4) is 0 Å². The van der Waals surface area contributed by atoms with Crippen LogP contribution in [0.4, 0.5) is 0 Å². The zero-order valence-electron chi connectivity index (χ0n) is 10.2. The Labute approximate surface area is 100 Å². The van der Waals surface area contributed by atoms with Crippen molar-refractivity contribution < 1.29 is 19.4 Å². The number of hydrogen-bond acceptors (Lipinski definition) is 3.